The number of carbonyl (C=O) groups is 5. The van der Waals surface area contributed by atoms with E-state index in [1.54, 1.807) is 19.1 Å². The molecule has 0 saturated heterocycles. The third kappa shape index (κ3) is 15.1. The number of carboxylic acid groups (broad SMARTS) is 2. The average Bonchev–Trinajstić information content (AvgIpc) is 2.87. The van der Waals surface area contributed by atoms with E-state index in [0.29, 0.717) is 50.8 Å². The molecule has 4 N–H and O–H groups in total. The molecule has 0 aliphatic carbocycles. The molecule has 1 aromatic carbocycles. The topological polar surface area (TPSA) is 168 Å². The Bertz CT molecular complexity index is 902. The number of unbranched alkanes of at least 4 members (excludes halogenated alkanes) is 1. The lowest BCUT2D eigenvalue weighted by Gasteiger charge is -2.15. The van der Waals surface area contributed by atoms with Crippen LogP contribution in [0.4, 0.5) is 0 Å². The highest BCUT2D eigenvalue weighted by atomic mass is 16.5. The summed E-state index contributed by atoms with van der Waals surface area (Å²) in [7, 11) is 0. The fraction of sp³-hybridized carbons (Fsp3) is 0.593. The first-order valence-electron chi connectivity index (χ1n) is 12.9. The van der Waals surface area contributed by atoms with E-state index < -0.39 is 29.8 Å². The number of ether oxygens (including phenoxy) is 2. The van der Waals surface area contributed by atoms with Crippen LogP contribution >= 0.6 is 0 Å². The molecule has 1 rings (SSSR count). The van der Waals surface area contributed by atoms with E-state index in [-0.39, 0.29) is 44.4 Å². The molecular weight excluding hydrogens is 496 g/mol. The summed E-state index contributed by atoms with van der Waals surface area (Å²) in [6.45, 7) is 4.28. The first kappa shape index (κ1) is 32.7. The Kier molecular flexibility index (Phi) is 16.2. The second-order valence-electron chi connectivity index (χ2n) is 9.16. The van der Waals surface area contributed by atoms with Gasteiger partial charge in [0.2, 0.25) is 5.91 Å². The highest BCUT2D eigenvalue weighted by Crippen LogP contribution is 2.08. The van der Waals surface area contributed by atoms with Crippen LogP contribution in [0.1, 0.15) is 67.8 Å². The third-order valence-electron chi connectivity index (χ3n) is 5.78. The van der Waals surface area contributed by atoms with Crippen LogP contribution in [0.5, 0.6) is 0 Å². The van der Waals surface area contributed by atoms with Crippen molar-refractivity contribution in [2.24, 2.45) is 5.92 Å². The molecule has 0 fully saturated rings. The lowest BCUT2D eigenvalue weighted by molar-refractivity contribution is -0.143. The van der Waals surface area contributed by atoms with Crippen molar-refractivity contribution < 1.29 is 43.7 Å². The molecule has 0 aromatic heterocycles. The van der Waals surface area contributed by atoms with E-state index in [4.69, 9.17) is 14.6 Å². The number of carboxylic acids is 2. The first-order chi connectivity index (χ1) is 18.1. The Morgan fingerprint density at radius 2 is 1.53 bits per heavy atom. The van der Waals surface area contributed by atoms with Crippen LogP contribution in [0.15, 0.2) is 24.3 Å². The molecule has 11 heteroatoms. The maximum absolute atomic E-state index is 12.1. The summed E-state index contributed by atoms with van der Waals surface area (Å²) >= 11 is 0. The number of carbonyl (C=O) groups excluding carboxylic acids is 3. The lowest BCUT2D eigenvalue weighted by atomic mass is 10.0. The van der Waals surface area contributed by atoms with Gasteiger partial charge in [-0.3, -0.25) is 19.2 Å². The Hall–Kier alpha value is -3.31. The number of hydrogen-bond donors (Lipinski definition) is 4. The van der Waals surface area contributed by atoms with E-state index in [2.05, 4.69) is 10.6 Å². The van der Waals surface area contributed by atoms with Gasteiger partial charge < -0.3 is 30.3 Å². The van der Waals surface area contributed by atoms with Crippen LogP contribution in [0, 0.1) is 12.8 Å². The first-order valence-corrected chi connectivity index (χ1v) is 12.9. The summed E-state index contributed by atoms with van der Waals surface area (Å²) in [4.78, 5) is 58.0. The third-order valence-corrected chi connectivity index (χ3v) is 5.78. The van der Waals surface area contributed by atoms with Crippen molar-refractivity contribution in [3.8, 4) is 0 Å². The molecule has 11 nitrogen and oxygen atoms in total. The summed E-state index contributed by atoms with van der Waals surface area (Å²) in [5.41, 5.74) is 1.62. The van der Waals surface area contributed by atoms with Crippen molar-refractivity contribution in [2.45, 2.75) is 64.8 Å². The summed E-state index contributed by atoms with van der Waals surface area (Å²) < 4.78 is 10.6. The van der Waals surface area contributed by atoms with Gasteiger partial charge >= 0.3 is 11.9 Å². The number of ketones is 1. The highest BCUT2D eigenvalue weighted by Gasteiger charge is 2.19. The lowest BCUT2D eigenvalue weighted by Crippen LogP contribution is -2.42. The summed E-state index contributed by atoms with van der Waals surface area (Å²) in [5.74, 6) is -3.34. The molecule has 38 heavy (non-hydrogen) atoms. The standard InChI is InChI=1S/C27H40N2O9/c1-19-8-11-21(12-9-19)25(32)28-14-4-3-7-23(27(35)36)29-24(31)18-38-17-16-37-15-5-6-22(30)13-10-20(2)26(33)34/h8-9,11-12,20,23H,3-7,10,13-18H2,1-2H3,(H,28,32)(H,29,31)(H,33,34)(H,35,36). The molecule has 0 aliphatic heterocycles. The van der Waals surface area contributed by atoms with E-state index in [9.17, 15) is 29.1 Å². The number of amides is 2. The number of nitrogens with one attached hydrogen (secondary N) is 2. The van der Waals surface area contributed by atoms with E-state index in [0.717, 1.165) is 5.56 Å². The van der Waals surface area contributed by atoms with Crippen molar-refractivity contribution in [1.29, 1.82) is 0 Å². The maximum Gasteiger partial charge on any atom is 0.326 e. The minimum Gasteiger partial charge on any atom is -0.481 e. The average molecular weight is 537 g/mol. The molecule has 2 unspecified atom stereocenters. The Morgan fingerprint density at radius 3 is 2.18 bits per heavy atom. The quantitative estimate of drug-likeness (QED) is 0.172. The molecule has 0 radical (unpaired) electrons. The van der Waals surface area contributed by atoms with Crippen molar-refractivity contribution in [1.82, 2.24) is 10.6 Å². The van der Waals surface area contributed by atoms with Crippen LogP contribution in [0.3, 0.4) is 0 Å². The van der Waals surface area contributed by atoms with Crippen LogP contribution in [-0.2, 0) is 28.7 Å². The van der Waals surface area contributed by atoms with Gasteiger partial charge in [-0.05, 0) is 51.2 Å². The number of rotatable bonds is 21. The molecule has 1 aromatic rings. The van der Waals surface area contributed by atoms with Gasteiger partial charge in [-0.2, -0.15) is 0 Å². The van der Waals surface area contributed by atoms with Gasteiger partial charge in [-0.15, -0.1) is 0 Å². The van der Waals surface area contributed by atoms with Gasteiger partial charge in [0.25, 0.3) is 5.91 Å². The molecule has 0 heterocycles. The SMILES string of the molecule is Cc1ccc(C(=O)NCCCCC(NC(=O)COCCOCCCC(=O)CCC(C)C(=O)O)C(=O)O)cc1. The Balaban J connectivity index is 2.09. The van der Waals surface area contributed by atoms with Crippen molar-refractivity contribution >= 4 is 29.5 Å². The van der Waals surface area contributed by atoms with Gasteiger partial charge in [0.15, 0.2) is 0 Å². The monoisotopic (exact) mass is 536 g/mol. The van der Waals surface area contributed by atoms with Gasteiger partial charge in [-0.1, -0.05) is 24.6 Å². The number of hydrogen-bond acceptors (Lipinski definition) is 7. The summed E-state index contributed by atoms with van der Waals surface area (Å²) in [6.07, 6.45) is 2.66. The molecule has 0 saturated carbocycles. The fourth-order valence-corrected chi connectivity index (χ4v) is 3.36. The van der Waals surface area contributed by atoms with Gasteiger partial charge in [-0.25, -0.2) is 4.79 Å². The number of aliphatic carboxylic acids is 2. The zero-order chi connectivity index (χ0) is 28.3. The maximum atomic E-state index is 12.1. The fourth-order valence-electron chi connectivity index (χ4n) is 3.36. The molecular formula is C27H40N2O9. The largest absolute Gasteiger partial charge is 0.481 e. The minimum absolute atomic E-state index is 0.00500. The van der Waals surface area contributed by atoms with Gasteiger partial charge in [0.05, 0.1) is 19.1 Å². The molecule has 0 spiro atoms. The molecule has 2 amide bonds. The predicted molar refractivity (Wildman–Crippen MR) is 139 cm³/mol. The highest BCUT2D eigenvalue weighted by molar-refractivity contribution is 5.94. The smallest absolute Gasteiger partial charge is 0.326 e. The van der Waals surface area contributed by atoms with Crippen LogP contribution in [0.2, 0.25) is 0 Å². The zero-order valence-corrected chi connectivity index (χ0v) is 22.2. The Morgan fingerprint density at radius 1 is 0.842 bits per heavy atom. The van der Waals surface area contributed by atoms with E-state index in [1.807, 2.05) is 19.1 Å². The summed E-state index contributed by atoms with van der Waals surface area (Å²) in [6, 6.07) is 6.14. The molecule has 0 aliphatic rings. The van der Waals surface area contributed by atoms with Crippen molar-refractivity contribution in [2.75, 3.05) is 33.0 Å². The molecule has 212 valence electrons. The van der Waals surface area contributed by atoms with Crippen LogP contribution < -0.4 is 10.6 Å². The Labute approximate surface area is 223 Å². The zero-order valence-electron chi connectivity index (χ0n) is 22.2. The normalized spacial score (nSPS) is 12.4. The second kappa shape index (κ2) is 18.9. The number of aryl methyl sites for hydroxylation is 1. The second-order valence-corrected chi connectivity index (χ2v) is 9.16. The van der Waals surface area contributed by atoms with Crippen molar-refractivity contribution in [3.63, 3.8) is 0 Å². The van der Waals surface area contributed by atoms with Crippen molar-refractivity contribution in [3.05, 3.63) is 35.4 Å². The number of Topliss-reactive ketones (excluding diaryl/α,β-unsaturated/α-hetero) is 1. The minimum atomic E-state index is -1.14. The number of benzene rings is 1. The molecule has 2 atom stereocenters. The van der Waals surface area contributed by atoms with E-state index in [1.165, 1.54) is 0 Å². The predicted octanol–water partition coefficient (Wildman–Crippen LogP) is 2.35. The molecule has 0 bridgehead atoms. The van der Waals surface area contributed by atoms with E-state index >= 15 is 0 Å². The van der Waals surface area contributed by atoms with Crippen LogP contribution in [-0.4, -0.2) is 78.8 Å². The van der Waals surface area contributed by atoms with Crippen LogP contribution in [0.25, 0.3) is 0 Å². The summed E-state index contributed by atoms with van der Waals surface area (Å²) in [5, 5.41) is 23.4. The van der Waals surface area contributed by atoms with Gasteiger partial charge in [0, 0.05) is 31.6 Å². The van der Waals surface area contributed by atoms with Gasteiger partial charge in [0.1, 0.15) is 18.4 Å².